The SMILES string of the molecule is C.CCCCN(C)CC(=O)Nc1ccc(C#Cc2ccc(C(=O)N[C@@H](CN)C(=O)NO)cc2)cc1. The number of carbonyl (C=O) groups excluding carboxylic acids is 3. The number of nitrogens with zero attached hydrogens (tertiary/aromatic N) is 1. The third kappa shape index (κ3) is 9.98. The second-order valence-corrected chi connectivity index (χ2v) is 7.78. The number of hydroxylamine groups is 1. The van der Waals surface area contributed by atoms with Crippen molar-refractivity contribution in [2.24, 2.45) is 5.73 Å². The summed E-state index contributed by atoms with van der Waals surface area (Å²) in [6.45, 7) is 3.20. The summed E-state index contributed by atoms with van der Waals surface area (Å²) in [5, 5.41) is 14.0. The number of rotatable bonds is 10. The monoisotopic (exact) mass is 481 g/mol. The highest BCUT2D eigenvalue weighted by Crippen LogP contribution is 2.10. The lowest BCUT2D eigenvalue weighted by Crippen LogP contribution is -2.50. The van der Waals surface area contributed by atoms with Crippen molar-refractivity contribution in [2.75, 3.05) is 32.0 Å². The molecule has 35 heavy (non-hydrogen) atoms. The van der Waals surface area contributed by atoms with Crippen LogP contribution in [0, 0.1) is 11.8 Å². The van der Waals surface area contributed by atoms with E-state index in [1.807, 2.05) is 24.1 Å². The van der Waals surface area contributed by atoms with Crippen molar-refractivity contribution in [3.05, 3.63) is 65.2 Å². The lowest BCUT2D eigenvalue weighted by Gasteiger charge is -2.15. The van der Waals surface area contributed by atoms with Crippen molar-refractivity contribution in [1.82, 2.24) is 15.7 Å². The Hall–Kier alpha value is -3.71. The van der Waals surface area contributed by atoms with Crippen molar-refractivity contribution in [3.63, 3.8) is 0 Å². The van der Waals surface area contributed by atoms with Gasteiger partial charge in [-0.25, -0.2) is 5.48 Å². The zero-order valence-corrected chi connectivity index (χ0v) is 19.4. The molecule has 0 radical (unpaired) electrons. The van der Waals surface area contributed by atoms with Crippen molar-refractivity contribution >= 4 is 23.4 Å². The van der Waals surface area contributed by atoms with Crippen molar-refractivity contribution in [2.45, 2.75) is 33.2 Å². The number of benzene rings is 2. The second-order valence-electron chi connectivity index (χ2n) is 7.78. The second kappa shape index (κ2) is 15.2. The molecule has 0 aliphatic rings. The molecule has 6 N–H and O–H groups in total. The summed E-state index contributed by atoms with van der Waals surface area (Å²) in [6.07, 6.45) is 2.15. The van der Waals surface area contributed by atoms with E-state index in [-0.39, 0.29) is 19.9 Å². The van der Waals surface area contributed by atoms with Crippen LogP contribution in [0.2, 0.25) is 0 Å². The summed E-state index contributed by atoms with van der Waals surface area (Å²) in [6, 6.07) is 12.8. The maximum atomic E-state index is 12.2. The molecule has 2 rings (SSSR count). The van der Waals surface area contributed by atoms with Gasteiger partial charge in [0.05, 0.1) is 6.54 Å². The van der Waals surface area contributed by atoms with Crippen LogP contribution in [0.25, 0.3) is 0 Å². The number of nitrogens with two attached hydrogens (primary N) is 1. The predicted molar refractivity (Wildman–Crippen MR) is 137 cm³/mol. The van der Waals surface area contributed by atoms with E-state index >= 15 is 0 Å². The molecule has 0 fully saturated rings. The number of hydrogen-bond donors (Lipinski definition) is 5. The number of amides is 3. The van der Waals surface area contributed by atoms with E-state index in [2.05, 4.69) is 29.4 Å². The van der Waals surface area contributed by atoms with Gasteiger partial charge in [-0.2, -0.15) is 0 Å². The van der Waals surface area contributed by atoms with Crippen LogP contribution in [0.15, 0.2) is 48.5 Å². The van der Waals surface area contributed by atoms with Crippen LogP contribution >= 0.6 is 0 Å². The summed E-state index contributed by atoms with van der Waals surface area (Å²) in [5.41, 5.74) is 9.42. The first kappa shape index (κ1) is 29.3. The minimum absolute atomic E-state index is 0. The molecule has 188 valence electrons. The van der Waals surface area contributed by atoms with Gasteiger partial charge in [0.1, 0.15) is 6.04 Å². The van der Waals surface area contributed by atoms with E-state index in [1.54, 1.807) is 36.4 Å². The number of hydrogen-bond acceptors (Lipinski definition) is 6. The molecule has 0 saturated carbocycles. The molecule has 0 bridgehead atoms. The predicted octanol–water partition coefficient (Wildman–Crippen LogP) is 1.96. The van der Waals surface area contributed by atoms with Crippen LogP contribution in [0.3, 0.4) is 0 Å². The molecule has 9 nitrogen and oxygen atoms in total. The van der Waals surface area contributed by atoms with Crippen molar-refractivity contribution in [1.29, 1.82) is 0 Å². The summed E-state index contributed by atoms with van der Waals surface area (Å²) in [4.78, 5) is 37.8. The Morgan fingerprint density at radius 1 is 1.03 bits per heavy atom. The minimum Gasteiger partial charge on any atom is -0.339 e. The molecule has 0 aliphatic heterocycles. The molecule has 0 spiro atoms. The topological polar surface area (TPSA) is 137 Å². The Labute approximate surface area is 207 Å². The third-order valence-corrected chi connectivity index (χ3v) is 4.94. The van der Waals surface area contributed by atoms with E-state index in [1.165, 1.54) is 5.48 Å². The highest BCUT2D eigenvalue weighted by molar-refractivity contribution is 5.97. The highest BCUT2D eigenvalue weighted by atomic mass is 16.5. The van der Waals surface area contributed by atoms with E-state index in [9.17, 15) is 14.4 Å². The molecule has 9 heteroatoms. The number of nitrogens with one attached hydrogen (secondary N) is 3. The Kier molecular flexibility index (Phi) is 12.8. The molecule has 1 atom stereocenters. The Bertz CT molecular complexity index is 1030. The van der Waals surface area contributed by atoms with Gasteiger partial charge in [0.2, 0.25) is 5.91 Å². The van der Waals surface area contributed by atoms with Crippen LogP contribution < -0.4 is 21.8 Å². The van der Waals surface area contributed by atoms with Gasteiger partial charge in [0.15, 0.2) is 0 Å². The molecular formula is C26H35N5O4. The molecule has 0 heterocycles. The van der Waals surface area contributed by atoms with Crippen LogP contribution in [0.1, 0.15) is 48.7 Å². The van der Waals surface area contributed by atoms with Gasteiger partial charge in [-0.15, -0.1) is 0 Å². The largest absolute Gasteiger partial charge is 0.339 e. The first-order valence-corrected chi connectivity index (χ1v) is 11.0. The maximum Gasteiger partial charge on any atom is 0.267 e. The maximum absolute atomic E-state index is 12.2. The molecule has 3 amide bonds. The molecule has 2 aromatic carbocycles. The van der Waals surface area contributed by atoms with E-state index in [0.717, 1.165) is 24.9 Å². The van der Waals surface area contributed by atoms with Crippen molar-refractivity contribution < 1.29 is 19.6 Å². The lowest BCUT2D eigenvalue weighted by atomic mass is 10.1. The number of carbonyl (C=O) groups is 3. The first-order valence-electron chi connectivity index (χ1n) is 11.0. The van der Waals surface area contributed by atoms with Gasteiger partial charge in [0, 0.05) is 28.9 Å². The lowest BCUT2D eigenvalue weighted by molar-refractivity contribution is -0.130. The normalized spacial score (nSPS) is 10.9. The third-order valence-electron chi connectivity index (χ3n) is 4.94. The van der Waals surface area contributed by atoms with Gasteiger partial charge < -0.3 is 16.4 Å². The molecule has 0 aromatic heterocycles. The fourth-order valence-electron chi connectivity index (χ4n) is 2.99. The minimum atomic E-state index is -1.04. The Balaban J connectivity index is 0.00000612. The average molecular weight is 482 g/mol. The van der Waals surface area contributed by atoms with Gasteiger partial charge in [-0.1, -0.05) is 32.6 Å². The molecule has 0 saturated heterocycles. The van der Waals surface area contributed by atoms with Gasteiger partial charge in [-0.3, -0.25) is 24.5 Å². The van der Waals surface area contributed by atoms with Crippen molar-refractivity contribution in [3.8, 4) is 11.8 Å². The number of likely N-dealkylation sites (N-methyl/N-ethyl adjacent to an activating group) is 1. The Morgan fingerprint density at radius 3 is 2.11 bits per heavy atom. The van der Waals surface area contributed by atoms with Crippen LogP contribution in [0.5, 0.6) is 0 Å². The summed E-state index contributed by atoms with van der Waals surface area (Å²) < 4.78 is 0. The van der Waals surface area contributed by atoms with E-state index in [4.69, 9.17) is 10.9 Å². The fourth-order valence-corrected chi connectivity index (χ4v) is 2.99. The molecule has 2 aromatic rings. The summed E-state index contributed by atoms with van der Waals surface area (Å²) >= 11 is 0. The fraction of sp³-hybridized carbons (Fsp3) is 0.346. The van der Waals surface area contributed by atoms with Crippen LogP contribution in [-0.4, -0.2) is 60.6 Å². The smallest absolute Gasteiger partial charge is 0.267 e. The van der Waals surface area contributed by atoms with E-state index < -0.39 is 17.9 Å². The van der Waals surface area contributed by atoms with Gasteiger partial charge in [0.25, 0.3) is 11.8 Å². The summed E-state index contributed by atoms with van der Waals surface area (Å²) in [5.74, 6) is 4.72. The number of unbranched alkanes of at least 4 members (excludes halogenated alkanes) is 1. The average Bonchev–Trinajstić information content (AvgIpc) is 2.85. The zero-order chi connectivity index (χ0) is 24.9. The number of anilines is 1. The molecule has 0 unspecified atom stereocenters. The van der Waals surface area contributed by atoms with E-state index in [0.29, 0.717) is 23.4 Å². The Morgan fingerprint density at radius 2 is 1.60 bits per heavy atom. The molecular weight excluding hydrogens is 446 g/mol. The first-order chi connectivity index (χ1) is 16.4. The van der Waals surface area contributed by atoms with Crippen LogP contribution in [-0.2, 0) is 9.59 Å². The summed E-state index contributed by atoms with van der Waals surface area (Å²) in [7, 11) is 1.93. The molecule has 0 aliphatic carbocycles. The zero-order valence-electron chi connectivity index (χ0n) is 19.4. The van der Waals surface area contributed by atoms with Gasteiger partial charge >= 0.3 is 0 Å². The van der Waals surface area contributed by atoms with Gasteiger partial charge in [-0.05, 0) is 68.5 Å². The van der Waals surface area contributed by atoms with Crippen LogP contribution in [0.4, 0.5) is 5.69 Å². The quantitative estimate of drug-likeness (QED) is 0.200. The highest BCUT2D eigenvalue weighted by Gasteiger charge is 2.19. The standard InChI is InChI=1S/C25H31N5O4.CH4/c1-3-4-15-30(2)17-23(31)27-21-13-9-19(10-14-21)6-5-18-7-11-20(12-8-18)24(32)28-22(16-26)25(33)29-34;/h7-14,22,34H,3-4,15-17,26H2,1-2H3,(H,27,31)(H,28,32)(H,29,33);1H4/t22-;/m0./s1.